The minimum absolute atomic E-state index is 0. The molecule has 0 saturated heterocycles. The van der Waals surface area contributed by atoms with Gasteiger partial charge in [-0.3, -0.25) is 4.68 Å². The normalized spacial score (nSPS) is 11.7. The van der Waals surface area contributed by atoms with E-state index in [-0.39, 0.29) is 26.5 Å². The molecule has 3 aromatic heterocycles. The van der Waals surface area contributed by atoms with E-state index in [1.54, 1.807) is 0 Å². The van der Waals surface area contributed by atoms with Crippen LogP contribution in [0.1, 0.15) is 68.6 Å². The molecule has 4 aromatic carbocycles. The summed E-state index contributed by atoms with van der Waals surface area (Å²) in [6.07, 6.45) is 6.02. The van der Waals surface area contributed by atoms with Gasteiger partial charge < -0.3 is 9.30 Å². The first-order valence-corrected chi connectivity index (χ1v) is 17.4. The molecule has 7 rings (SSSR count). The summed E-state index contributed by atoms with van der Waals surface area (Å²) in [5.74, 6) is 2.15. The van der Waals surface area contributed by atoms with Crippen LogP contribution in [-0.4, -0.2) is 19.3 Å². The summed E-state index contributed by atoms with van der Waals surface area (Å²) in [5.41, 5.74) is 11.2. The monoisotopic (exact) mass is 839 g/mol. The Morgan fingerprint density at radius 1 is 0.800 bits per heavy atom. The van der Waals surface area contributed by atoms with Crippen molar-refractivity contribution in [2.45, 2.75) is 74.1 Å². The molecule has 3 heterocycles. The van der Waals surface area contributed by atoms with Crippen molar-refractivity contribution in [1.29, 1.82) is 0 Å². The predicted molar refractivity (Wildman–Crippen MR) is 201 cm³/mol. The Kier molecular flexibility index (Phi) is 10.2. The van der Waals surface area contributed by atoms with Crippen LogP contribution in [-0.2, 0) is 33.9 Å². The number of unbranched alkanes of at least 4 members (excludes halogenated alkanes) is 1. The number of pyridine rings is 1. The van der Waals surface area contributed by atoms with Crippen LogP contribution < -0.4 is 4.74 Å². The van der Waals surface area contributed by atoms with E-state index in [4.69, 9.17) is 14.8 Å². The molecule has 0 fully saturated rings. The van der Waals surface area contributed by atoms with Crippen molar-refractivity contribution in [3.05, 3.63) is 131 Å². The van der Waals surface area contributed by atoms with E-state index in [0.29, 0.717) is 11.5 Å². The first-order chi connectivity index (χ1) is 23.6. The summed E-state index contributed by atoms with van der Waals surface area (Å²) < 4.78 is 10.9. The van der Waals surface area contributed by atoms with Gasteiger partial charge in [-0.2, -0.15) is 16.7 Å². The van der Waals surface area contributed by atoms with Gasteiger partial charge in [0.1, 0.15) is 5.82 Å². The molecule has 7 aromatic rings. The Balaban J connectivity index is 0.00000432. The van der Waals surface area contributed by atoms with Crippen LogP contribution in [0.2, 0.25) is 0 Å². The van der Waals surface area contributed by atoms with Crippen LogP contribution in [0.25, 0.3) is 44.4 Å². The first kappa shape index (κ1) is 35.4. The Bertz CT molecular complexity index is 2290. The average Bonchev–Trinajstić information content (AvgIpc) is 3.55. The third kappa shape index (κ3) is 7.21. The van der Waals surface area contributed by atoms with Crippen molar-refractivity contribution in [1.82, 2.24) is 19.3 Å². The first-order valence-electron chi connectivity index (χ1n) is 17.4. The van der Waals surface area contributed by atoms with Crippen LogP contribution in [0.15, 0.2) is 91.1 Å². The maximum atomic E-state index is 6.65. The molecule has 0 saturated carbocycles. The number of nitrogens with zero attached hydrogens (tertiary/aromatic N) is 4. The Hall–Kier alpha value is -4.47. The third-order valence-corrected chi connectivity index (χ3v) is 9.09. The molecule has 0 aliphatic rings. The summed E-state index contributed by atoms with van der Waals surface area (Å²) in [7, 11) is 0. The molecule has 0 aliphatic carbocycles. The van der Waals surface area contributed by atoms with Gasteiger partial charge >= 0.3 is 21.1 Å². The van der Waals surface area contributed by atoms with Gasteiger partial charge in [-0.1, -0.05) is 94.9 Å². The van der Waals surface area contributed by atoms with Crippen molar-refractivity contribution < 1.29 is 25.8 Å². The van der Waals surface area contributed by atoms with Gasteiger partial charge in [0.15, 0.2) is 0 Å². The summed E-state index contributed by atoms with van der Waals surface area (Å²) in [4.78, 5) is 4.79. The smallest absolute Gasteiger partial charge is 0.509 e. The van der Waals surface area contributed by atoms with Crippen molar-refractivity contribution in [3.63, 3.8) is 0 Å². The molecule has 0 amide bonds. The van der Waals surface area contributed by atoms with Crippen molar-refractivity contribution in [2.75, 3.05) is 0 Å². The van der Waals surface area contributed by atoms with Gasteiger partial charge in [0.05, 0.1) is 5.69 Å². The van der Waals surface area contributed by atoms with Crippen LogP contribution in [0.4, 0.5) is 0 Å². The quantitative estimate of drug-likeness (QED) is 0.136. The SMILES string of the molecule is CCCCc1cc(Oc2[c-]c3c(cc2)c2cc(CC(C)(C)C)ccc2n3-c2cc(C)ccn2)[c-]c(-n2nc(C)c(-c3ccccc3)c2C)c1.[Pt+2]. The zero-order valence-electron chi connectivity index (χ0n) is 30.0. The standard InChI is InChI=1S/C44H44N4O.Pt/c1-8-9-13-32-23-35(48-31(4)43(30(3)46-48)34-14-11-10-12-15-34)26-37(24-32)49-36-17-18-38-39-25-33(28-44(5,6)7)16-19-40(39)47(41(38)27-36)42-22-29(2)20-21-45-42;/h10-12,14-25H,8-9,13,28H2,1-7H3;/q-2;+2. The van der Waals surface area contributed by atoms with E-state index >= 15 is 0 Å². The molecule has 0 spiro atoms. The molecule has 5 nitrogen and oxygen atoms in total. The van der Waals surface area contributed by atoms with Crippen molar-refractivity contribution in [3.8, 4) is 34.1 Å². The van der Waals surface area contributed by atoms with Gasteiger partial charge in [-0.25, -0.2) is 4.98 Å². The summed E-state index contributed by atoms with van der Waals surface area (Å²) >= 11 is 0. The third-order valence-electron chi connectivity index (χ3n) is 9.09. The zero-order chi connectivity index (χ0) is 34.3. The minimum atomic E-state index is 0. The summed E-state index contributed by atoms with van der Waals surface area (Å²) in [6, 6.07) is 37.1. The molecular formula is C44H44N4OPt. The fourth-order valence-corrected chi connectivity index (χ4v) is 6.93. The number of benzene rings is 4. The molecule has 0 unspecified atom stereocenters. The number of fused-ring (bicyclic) bond motifs is 3. The van der Waals surface area contributed by atoms with E-state index < -0.39 is 0 Å². The predicted octanol–water partition coefficient (Wildman–Crippen LogP) is 11.3. The second-order valence-electron chi connectivity index (χ2n) is 14.5. The number of hydrogen-bond acceptors (Lipinski definition) is 3. The van der Waals surface area contributed by atoms with E-state index in [0.717, 1.165) is 81.7 Å². The van der Waals surface area contributed by atoms with Gasteiger partial charge in [0, 0.05) is 34.5 Å². The number of hydrogen-bond donors (Lipinski definition) is 0. The van der Waals surface area contributed by atoms with Crippen LogP contribution in [0.5, 0.6) is 11.5 Å². The van der Waals surface area contributed by atoms with E-state index in [1.165, 1.54) is 16.5 Å². The van der Waals surface area contributed by atoms with Crippen LogP contribution in [0, 0.1) is 38.3 Å². The van der Waals surface area contributed by atoms with Gasteiger partial charge in [-0.05, 0) is 78.6 Å². The average molecular weight is 840 g/mol. The maximum absolute atomic E-state index is 6.65. The van der Waals surface area contributed by atoms with Crippen LogP contribution in [0.3, 0.4) is 0 Å². The van der Waals surface area contributed by atoms with E-state index in [1.807, 2.05) is 29.1 Å². The molecule has 50 heavy (non-hydrogen) atoms. The van der Waals surface area contributed by atoms with E-state index in [9.17, 15) is 0 Å². The van der Waals surface area contributed by atoms with Gasteiger partial charge in [-0.15, -0.1) is 35.7 Å². The second kappa shape index (κ2) is 14.4. The van der Waals surface area contributed by atoms with Crippen LogP contribution >= 0.6 is 0 Å². The van der Waals surface area contributed by atoms with Gasteiger partial charge in [0.2, 0.25) is 0 Å². The van der Waals surface area contributed by atoms with E-state index in [2.05, 4.69) is 132 Å². The van der Waals surface area contributed by atoms with Crippen molar-refractivity contribution >= 4 is 21.8 Å². The Morgan fingerprint density at radius 3 is 2.34 bits per heavy atom. The number of rotatable bonds is 9. The fourth-order valence-electron chi connectivity index (χ4n) is 6.93. The van der Waals surface area contributed by atoms with Gasteiger partial charge in [0.25, 0.3) is 0 Å². The molecule has 0 radical (unpaired) electrons. The molecule has 0 atom stereocenters. The summed E-state index contributed by atoms with van der Waals surface area (Å²) in [6.45, 7) is 15.4. The minimum Gasteiger partial charge on any atom is -0.509 e. The molecular weight excluding hydrogens is 796 g/mol. The Labute approximate surface area is 310 Å². The maximum Gasteiger partial charge on any atom is 2.00 e. The molecule has 0 N–H and O–H groups in total. The number of ether oxygens (including phenoxy) is 1. The zero-order valence-corrected chi connectivity index (χ0v) is 32.3. The topological polar surface area (TPSA) is 44.9 Å². The summed E-state index contributed by atoms with van der Waals surface area (Å²) in [5, 5.41) is 7.30. The largest absolute Gasteiger partial charge is 2.00 e. The van der Waals surface area contributed by atoms with Crippen molar-refractivity contribution in [2.24, 2.45) is 5.41 Å². The molecule has 0 aliphatic heterocycles. The fraction of sp³-hybridized carbons (Fsp3) is 0.273. The second-order valence-corrected chi connectivity index (χ2v) is 14.5. The number of aryl methyl sites for hydroxylation is 3. The molecule has 6 heteroatoms. The molecule has 0 bridgehead atoms. The molecule has 256 valence electrons. The Morgan fingerprint density at radius 2 is 1.60 bits per heavy atom. The number of aromatic nitrogens is 4.